The van der Waals surface area contributed by atoms with E-state index in [1.54, 1.807) is 30.0 Å². The largest absolute Gasteiger partial charge is 0.492 e. The van der Waals surface area contributed by atoms with Crippen molar-refractivity contribution in [1.82, 2.24) is 4.57 Å². The van der Waals surface area contributed by atoms with E-state index in [1.165, 1.54) is 0 Å². The molecule has 0 unspecified atom stereocenters. The average Bonchev–Trinajstić information content (AvgIpc) is 2.65. The maximum Gasteiger partial charge on any atom is 0.262 e. The number of pyridine rings is 1. The summed E-state index contributed by atoms with van der Waals surface area (Å²) >= 11 is 6.13. The van der Waals surface area contributed by atoms with Gasteiger partial charge >= 0.3 is 0 Å². The van der Waals surface area contributed by atoms with Crippen molar-refractivity contribution < 1.29 is 9.47 Å². The summed E-state index contributed by atoms with van der Waals surface area (Å²) in [5.41, 5.74) is 2.12. The number of ether oxygens (including phenoxy) is 2. The molecule has 0 fully saturated rings. The molecule has 1 aliphatic heterocycles. The van der Waals surface area contributed by atoms with E-state index in [9.17, 15) is 4.79 Å². The Morgan fingerprint density at radius 1 is 1.16 bits per heavy atom. The number of rotatable bonds is 2. The molecule has 0 amide bonds. The Morgan fingerprint density at radius 3 is 2.76 bits per heavy atom. The molecular weight excluding hydrogens is 338 g/mol. The highest BCUT2D eigenvalue weighted by atomic mass is 35.5. The number of fused-ring (bicyclic) bond motifs is 3. The third kappa shape index (κ3) is 2.68. The minimum Gasteiger partial charge on any atom is -0.492 e. The van der Waals surface area contributed by atoms with Crippen molar-refractivity contribution in [1.29, 1.82) is 0 Å². The Bertz CT molecular complexity index is 1050. The highest BCUT2D eigenvalue weighted by Crippen LogP contribution is 2.36. The molecule has 0 aliphatic carbocycles. The van der Waals surface area contributed by atoms with Gasteiger partial charge in [0.05, 0.1) is 29.0 Å². The third-order valence-electron chi connectivity index (χ3n) is 4.36. The Labute approximate surface area is 149 Å². The number of halogens is 1. The second-order valence-corrected chi connectivity index (χ2v) is 6.28. The molecule has 0 spiro atoms. The van der Waals surface area contributed by atoms with Gasteiger partial charge in [0.15, 0.2) is 0 Å². The van der Waals surface area contributed by atoms with Crippen molar-refractivity contribution in [3.05, 3.63) is 75.7 Å². The molecule has 4 nitrogen and oxygen atoms in total. The lowest BCUT2D eigenvalue weighted by molar-refractivity contribution is 0.317. The predicted molar refractivity (Wildman–Crippen MR) is 99.4 cm³/mol. The predicted octanol–water partition coefficient (Wildman–Crippen LogP) is 4.39. The molecule has 0 radical (unpaired) electrons. The van der Waals surface area contributed by atoms with Crippen LogP contribution in [-0.4, -0.2) is 11.2 Å². The van der Waals surface area contributed by atoms with Crippen molar-refractivity contribution >= 4 is 28.1 Å². The second kappa shape index (κ2) is 6.30. The molecule has 5 heteroatoms. The Hall–Kier alpha value is -2.72. The summed E-state index contributed by atoms with van der Waals surface area (Å²) in [5, 5.41) is 1.45. The fourth-order valence-corrected chi connectivity index (χ4v) is 3.26. The summed E-state index contributed by atoms with van der Waals surface area (Å²) < 4.78 is 13.2. The number of aryl methyl sites for hydroxylation is 1. The smallest absolute Gasteiger partial charge is 0.262 e. The van der Waals surface area contributed by atoms with Crippen LogP contribution in [0.1, 0.15) is 12.0 Å². The molecule has 126 valence electrons. The molecule has 2 aromatic carbocycles. The zero-order valence-electron chi connectivity index (χ0n) is 13.7. The third-order valence-corrected chi connectivity index (χ3v) is 4.67. The molecule has 1 aromatic heterocycles. The Kier molecular flexibility index (Phi) is 3.98. The van der Waals surface area contributed by atoms with Gasteiger partial charge in [-0.05, 0) is 24.3 Å². The number of hydrogen-bond donors (Lipinski definition) is 0. The van der Waals surface area contributed by atoms with E-state index in [1.807, 2.05) is 36.4 Å². The van der Waals surface area contributed by atoms with Crippen LogP contribution in [0.4, 0.5) is 0 Å². The lowest BCUT2D eigenvalue weighted by Crippen LogP contribution is -2.25. The van der Waals surface area contributed by atoms with Crippen molar-refractivity contribution in [2.45, 2.75) is 6.42 Å². The molecule has 1 aliphatic rings. The van der Waals surface area contributed by atoms with Gasteiger partial charge < -0.3 is 14.0 Å². The number of para-hydroxylation sites is 2. The fourth-order valence-electron chi connectivity index (χ4n) is 3.08. The standard InChI is InChI=1S/C20H16ClNO3/c1-22-16-8-4-2-6-14(16)19-18(20(22)23)13(10-11-24-19)12-25-17-9-5-3-7-15(17)21/h2-9,12H,10-11H2,1H3/b13-12+. The van der Waals surface area contributed by atoms with E-state index in [-0.39, 0.29) is 5.56 Å². The number of hydrogen-bond acceptors (Lipinski definition) is 3. The van der Waals surface area contributed by atoms with Gasteiger partial charge in [-0.2, -0.15) is 0 Å². The first kappa shape index (κ1) is 15.8. The van der Waals surface area contributed by atoms with E-state index < -0.39 is 0 Å². The van der Waals surface area contributed by atoms with E-state index >= 15 is 0 Å². The van der Waals surface area contributed by atoms with Gasteiger partial charge in [-0.3, -0.25) is 4.79 Å². The minimum absolute atomic E-state index is 0.0950. The van der Waals surface area contributed by atoms with Crippen LogP contribution in [0.2, 0.25) is 5.02 Å². The lowest BCUT2D eigenvalue weighted by Gasteiger charge is -2.22. The van der Waals surface area contributed by atoms with Gasteiger partial charge in [0.25, 0.3) is 5.56 Å². The Balaban J connectivity index is 1.86. The van der Waals surface area contributed by atoms with Crippen LogP contribution in [0.5, 0.6) is 11.5 Å². The average molecular weight is 354 g/mol. The van der Waals surface area contributed by atoms with Gasteiger partial charge in [-0.25, -0.2) is 0 Å². The van der Waals surface area contributed by atoms with E-state index in [4.69, 9.17) is 21.1 Å². The summed E-state index contributed by atoms with van der Waals surface area (Å²) in [5.74, 6) is 1.18. The SMILES string of the molecule is Cn1c(=O)c2c(c3ccccc31)OCC/C2=C\Oc1ccccc1Cl. The van der Waals surface area contributed by atoms with Gasteiger partial charge in [0.1, 0.15) is 11.5 Å². The maximum absolute atomic E-state index is 12.9. The molecule has 0 atom stereocenters. The monoisotopic (exact) mass is 353 g/mol. The number of benzene rings is 2. The number of nitrogens with zero attached hydrogens (tertiary/aromatic N) is 1. The summed E-state index contributed by atoms with van der Waals surface area (Å²) in [6, 6.07) is 15.0. The van der Waals surface area contributed by atoms with Crippen LogP contribution in [-0.2, 0) is 7.05 Å². The fraction of sp³-hybridized carbons (Fsp3) is 0.150. The minimum atomic E-state index is -0.0950. The quantitative estimate of drug-likeness (QED) is 0.641. The first-order valence-electron chi connectivity index (χ1n) is 8.02. The van der Waals surface area contributed by atoms with Crippen LogP contribution in [0.25, 0.3) is 16.5 Å². The maximum atomic E-state index is 12.9. The van der Waals surface area contributed by atoms with Crippen molar-refractivity contribution in [3.63, 3.8) is 0 Å². The molecule has 2 heterocycles. The number of aromatic nitrogens is 1. The molecule has 0 bridgehead atoms. The molecule has 4 rings (SSSR count). The van der Waals surface area contributed by atoms with E-state index in [0.29, 0.717) is 35.1 Å². The van der Waals surface area contributed by atoms with Gasteiger partial charge in [0, 0.05) is 24.4 Å². The van der Waals surface area contributed by atoms with Crippen molar-refractivity contribution in [2.24, 2.45) is 7.05 Å². The topological polar surface area (TPSA) is 40.5 Å². The second-order valence-electron chi connectivity index (χ2n) is 5.88. The van der Waals surface area contributed by atoms with Crippen LogP contribution in [0.3, 0.4) is 0 Å². The molecule has 3 aromatic rings. The van der Waals surface area contributed by atoms with E-state index in [0.717, 1.165) is 16.5 Å². The molecule has 0 N–H and O–H groups in total. The molecule has 0 saturated heterocycles. The van der Waals surface area contributed by atoms with Gasteiger partial charge in [-0.15, -0.1) is 0 Å². The van der Waals surface area contributed by atoms with Crippen molar-refractivity contribution in [3.8, 4) is 11.5 Å². The molecule has 25 heavy (non-hydrogen) atoms. The summed E-state index contributed by atoms with van der Waals surface area (Å²) in [7, 11) is 1.77. The Morgan fingerprint density at radius 2 is 1.92 bits per heavy atom. The normalized spacial score (nSPS) is 15.0. The van der Waals surface area contributed by atoms with E-state index in [2.05, 4.69) is 0 Å². The van der Waals surface area contributed by atoms with Crippen LogP contribution >= 0.6 is 11.6 Å². The summed E-state index contributed by atoms with van der Waals surface area (Å²) in [4.78, 5) is 12.9. The highest BCUT2D eigenvalue weighted by molar-refractivity contribution is 6.32. The summed E-state index contributed by atoms with van der Waals surface area (Å²) in [6.07, 6.45) is 2.21. The summed E-state index contributed by atoms with van der Waals surface area (Å²) in [6.45, 7) is 0.502. The lowest BCUT2D eigenvalue weighted by atomic mass is 9.99. The van der Waals surface area contributed by atoms with Crippen molar-refractivity contribution in [2.75, 3.05) is 6.61 Å². The zero-order valence-corrected chi connectivity index (χ0v) is 14.4. The van der Waals surface area contributed by atoms with Crippen LogP contribution < -0.4 is 15.0 Å². The molecule has 0 saturated carbocycles. The zero-order chi connectivity index (χ0) is 17.4. The first-order valence-corrected chi connectivity index (χ1v) is 8.40. The van der Waals surface area contributed by atoms with Crippen LogP contribution in [0, 0.1) is 0 Å². The van der Waals surface area contributed by atoms with Crippen LogP contribution in [0.15, 0.2) is 59.6 Å². The molecular formula is C20H16ClNO3. The van der Waals surface area contributed by atoms with Gasteiger partial charge in [0.2, 0.25) is 0 Å². The van der Waals surface area contributed by atoms with Gasteiger partial charge in [-0.1, -0.05) is 35.9 Å². The first-order chi connectivity index (χ1) is 12.2. The highest BCUT2D eigenvalue weighted by Gasteiger charge is 2.24.